The van der Waals surface area contributed by atoms with Crippen molar-refractivity contribution in [2.75, 3.05) is 13.2 Å². The second kappa shape index (κ2) is 5.01. The van der Waals surface area contributed by atoms with Gasteiger partial charge in [-0.3, -0.25) is 4.79 Å². The van der Waals surface area contributed by atoms with Crippen LogP contribution >= 0.6 is 0 Å². The van der Waals surface area contributed by atoms with Crippen molar-refractivity contribution < 1.29 is 9.90 Å². The summed E-state index contributed by atoms with van der Waals surface area (Å²) >= 11 is 0. The molecule has 4 saturated carbocycles. The predicted octanol–water partition coefficient (Wildman–Crippen LogP) is 2.73. The molecule has 2 N–H and O–H groups in total. The number of hydrogen-bond donors (Lipinski definition) is 2. The summed E-state index contributed by atoms with van der Waals surface area (Å²) in [7, 11) is 0. The number of amides is 1. The van der Waals surface area contributed by atoms with E-state index in [9.17, 15) is 9.90 Å². The average Bonchev–Trinajstić information content (AvgIpc) is 2.34. The number of aliphatic hydroxyl groups is 1. The second-order valence-electron chi connectivity index (χ2n) is 8.69. The van der Waals surface area contributed by atoms with E-state index < -0.39 is 0 Å². The Morgan fingerprint density at radius 3 is 2.10 bits per heavy atom. The lowest BCUT2D eigenvalue weighted by atomic mass is 9.49. The molecule has 0 aromatic heterocycles. The zero-order chi connectivity index (χ0) is 14.4. The van der Waals surface area contributed by atoms with Gasteiger partial charge in [0, 0.05) is 25.0 Å². The molecule has 0 unspecified atom stereocenters. The van der Waals surface area contributed by atoms with E-state index in [4.69, 9.17) is 0 Å². The molecule has 0 aromatic carbocycles. The maximum atomic E-state index is 12.3. The number of nitrogens with one attached hydrogen (secondary N) is 1. The van der Waals surface area contributed by atoms with Crippen LogP contribution < -0.4 is 5.32 Å². The Kier molecular flexibility index (Phi) is 3.60. The quantitative estimate of drug-likeness (QED) is 0.813. The molecule has 0 radical (unpaired) electrons. The van der Waals surface area contributed by atoms with Crippen LogP contribution in [0.3, 0.4) is 0 Å². The van der Waals surface area contributed by atoms with E-state index in [1.807, 2.05) is 13.8 Å². The molecular weight excluding hydrogens is 250 g/mol. The van der Waals surface area contributed by atoms with Gasteiger partial charge in [0.05, 0.1) is 0 Å². The van der Waals surface area contributed by atoms with Gasteiger partial charge in [-0.1, -0.05) is 13.8 Å². The summed E-state index contributed by atoms with van der Waals surface area (Å²) in [5, 5.41) is 12.3. The van der Waals surface area contributed by atoms with Gasteiger partial charge in [0.25, 0.3) is 0 Å². The molecule has 4 aliphatic rings. The fraction of sp³-hybridized carbons (Fsp3) is 0.941. The summed E-state index contributed by atoms with van der Waals surface area (Å²) in [5.74, 6) is 2.92. The number of aliphatic hydroxyl groups excluding tert-OH is 1. The molecule has 0 atom stereocenters. The van der Waals surface area contributed by atoms with Crippen molar-refractivity contribution in [1.29, 1.82) is 0 Å². The van der Waals surface area contributed by atoms with Crippen LogP contribution in [0.1, 0.15) is 58.8 Å². The average molecular weight is 279 g/mol. The summed E-state index contributed by atoms with van der Waals surface area (Å²) < 4.78 is 0. The largest absolute Gasteiger partial charge is 0.396 e. The van der Waals surface area contributed by atoms with Crippen LogP contribution in [0.4, 0.5) is 0 Å². The van der Waals surface area contributed by atoms with E-state index in [0.717, 1.165) is 24.2 Å². The highest BCUT2D eigenvalue weighted by atomic mass is 16.3. The molecule has 4 bridgehead atoms. The fourth-order valence-electron chi connectivity index (χ4n) is 5.30. The Bertz CT molecular complexity index is 353. The lowest BCUT2D eigenvalue weighted by Gasteiger charge is -2.56. The van der Waals surface area contributed by atoms with Gasteiger partial charge < -0.3 is 10.4 Å². The monoisotopic (exact) mass is 279 g/mol. The maximum Gasteiger partial charge on any atom is 0.220 e. The number of rotatable bonds is 5. The third-order valence-corrected chi connectivity index (χ3v) is 5.89. The van der Waals surface area contributed by atoms with Crippen molar-refractivity contribution in [3.05, 3.63) is 0 Å². The van der Waals surface area contributed by atoms with E-state index in [1.165, 1.54) is 38.5 Å². The van der Waals surface area contributed by atoms with Gasteiger partial charge >= 0.3 is 0 Å². The van der Waals surface area contributed by atoms with Crippen molar-refractivity contribution in [1.82, 2.24) is 5.32 Å². The Labute approximate surface area is 122 Å². The molecule has 4 aliphatic carbocycles. The molecule has 114 valence electrons. The minimum absolute atomic E-state index is 0.116. The Morgan fingerprint density at radius 2 is 1.65 bits per heavy atom. The van der Waals surface area contributed by atoms with E-state index in [2.05, 4.69) is 5.32 Å². The SMILES string of the molecule is CC(C)(CO)CNC(=O)CC12CC3CC(CC(C3)C1)C2. The highest BCUT2D eigenvalue weighted by Crippen LogP contribution is 2.61. The second-order valence-corrected chi connectivity index (χ2v) is 8.69. The van der Waals surface area contributed by atoms with E-state index in [0.29, 0.717) is 12.0 Å². The molecule has 0 saturated heterocycles. The number of hydrogen-bond acceptors (Lipinski definition) is 2. The van der Waals surface area contributed by atoms with E-state index in [-0.39, 0.29) is 17.9 Å². The summed E-state index contributed by atoms with van der Waals surface area (Å²) in [5.41, 5.74) is 0.110. The highest BCUT2D eigenvalue weighted by Gasteiger charge is 2.51. The standard InChI is InChI=1S/C17H29NO2/c1-16(2,11-19)10-18-15(20)9-17-6-12-3-13(7-17)5-14(4-12)8-17/h12-14,19H,3-11H2,1-2H3,(H,18,20). The first-order chi connectivity index (χ1) is 9.40. The summed E-state index contributed by atoms with van der Waals surface area (Å²) in [4.78, 5) is 12.3. The normalized spacial score (nSPS) is 39.0. The lowest BCUT2D eigenvalue weighted by Crippen LogP contribution is -2.48. The number of carbonyl (C=O) groups excluding carboxylic acids is 1. The maximum absolute atomic E-state index is 12.3. The van der Waals surface area contributed by atoms with Gasteiger partial charge in [0.1, 0.15) is 0 Å². The van der Waals surface area contributed by atoms with Crippen LogP contribution in [0.2, 0.25) is 0 Å². The molecule has 3 heteroatoms. The molecule has 0 spiro atoms. The van der Waals surface area contributed by atoms with E-state index >= 15 is 0 Å². The topological polar surface area (TPSA) is 49.3 Å². The predicted molar refractivity (Wildman–Crippen MR) is 79.1 cm³/mol. The molecule has 0 aromatic rings. The van der Waals surface area contributed by atoms with Gasteiger partial charge in [-0.05, 0) is 61.7 Å². The fourth-order valence-corrected chi connectivity index (χ4v) is 5.30. The first kappa shape index (κ1) is 14.4. The van der Waals surface area contributed by atoms with Gasteiger partial charge in [0.15, 0.2) is 0 Å². The molecule has 1 amide bonds. The van der Waals surface area contributed by atoms with Crippen LogP contribution in [0.5, 0.6) is 0 Å². The van der Waals surface area contributed by atoms with Crippen LogP contribution in [0.25, 0.3) is 0 Å². The van der Waals surface area contributed by atoms with Gasteiger partial charge in [-0.25, -0.2) is 0 Å². The third-order valence-electron chi connectivity index (χ3n) is 5.89. The molecule has 3 nitrogen and oxygen atoms in total. The van der Waals surface area contributed by atoms with Gasteiger partial charge in [-0.2, -0.15) is 0 Å². The molecule has 0 aliphatic heterocycles. The van der Waals surface area contributed by atoms with Crippen molar-refractivity contribution in [2.45, 2.75) is 58.8 Å². The molecule has 0 heterocycles. The summed E-state index contributed by atoms with van der Waals surface area (Å²) in [6.07, 6.45) is 8.87. The zero-order valence-corrected chi connectivity index (χ0v) is 13.0. The molecular formula is C17H29NO2. The Morgan fingerprint density at radius 1 is 1.15 bits per heavy atom. The zero-order valence-electron chi connectivity index (χ0n) is 13.0. The van der Waals surface area contributed by atoms with Crippen LogP contribution in [-0.4, -0.2) is 24.2 Å². The Hall–Kier alpha value is -0.570. The van der Waals surface area contributed by atoms with E-state index in [1.54, 1.807) is 0 Å². The van der Waals surface area contributed by atoms with Crippen LogP contribution in [0, 0.1) is 28.6 Å². The highest BCUT2D eigenvalue weighted by molar-refractivity contribution is 5.76. The first-order valence-electron chi connectivity index (χ1n) is 8.27. The Balaban J connectivity index is 1.56. The summed E-state index contributed by atoms with van der Waals surface area (Å²) in [6.45, 7) is 4.66. The smallest absolute Gasteiger partial charge is 0.220 e. The van der Waals surface area contributed by atoms with Gasteiger partial charge in [-0.15, -0.1) is 0 Å². The lowest BCUT2D eigenvalue weighted by molar-refractivity contribution is -0.129. The minimum Gasteiger partial charge on any atom is -0.396 e. The van der Waals surface area contributed by atoms with Crippen molar-refractivity contribution >= 4 is 5.91 Å². The molecule has 4 fully saturated rings. The van der Waals surface area contributed by atoms with Crippen LogP contribution in [0.15, 0.2) is 0 Å². The van der Waals surface area contributed by atoms with Crippen molar-refractivity contribution in [3.63, 3.8) is 0 Å². The van der Waals surface area contributed by atoms with Crippen molar-refractivity contribution in [2.24, 2.45) is 28.6 Å². The molecule has 20 heavy (non-hydrogen) atoms. The molecule has 4 rings (SSSR count). The van der Waals surface area contributed by atoms with Gasteiger partial charge in [0.2, 0.25) is 5.91 Å². The minimum atomic E-state index is -0.211. The number of carbonyl (C=O) groups is 1. The van der Waals surface area contributed by atoms with Crippen molar-refractivity contribution in [3.8, 4) is 0 Å². The van der Waals surface area contributed by atoms with Crippen LogP contribution in [-0.2, 0) is 4.79 Å². The first-order valence-corrected chi connectivity index (χ1v) is 8.27. The third kappa shape index (κ3) is 2.88. The summed E-state index contributed by atoms with van der Waals surface area (Å²) in [6, 6.07) is 0.